The number of anilines is 2. The molecule has 2 N–H and O–H groups in total. The van der Waals surface area contributed by atoms with E-state index in [4.69, 9.17) is 4.74 Å². The summed E-state index contributed by atoms with van der Waals surface area (Å²) in [5.74, 6) is -2.23. The number of benzene rings is 2. The molecule has 0 bridgehead atoms. The van der Waals surface area contributed by atoms with Gasteiger partial charge in [0.15, 0.2) is 11.9 Å². The minimum absolute atomic E-state index is 0.404. The van der Waals surface area contributed by atoms with Crippen LogP contribution in [0.3, 0.4) is 0 Å². The Morgan fingerprint density at radius 2 is 1.81 bits per heavy atom. The number of allylic oxidation sites excluding steroid dienone is 1. The molecule has 6 nitrogen and oxygen atoms in total. The van der Waals surface area contributed by atoms with Crippen LogP contribution in [0.5, 0.6) is 0 Å². The second-order valence-electron chi connectivity index (χ2n) is 8.11. The van der Waals surface area contributed by atoms with Crippen molar-refractivity contribution >= 4 is 17.3 Å². The van der Waals surface area contributed by atoms with Gasteiger partial charge in [-0.1, -0.05) is 30.3 Å². The van der Waals surface area contributed by atoms with Crippen molar-refractivity contribution in [2.45, 2.75) is 24.9 Å². The van der Waals surface area contributed by atoms with Crippen LogP contribution in [-0.4, -0.2) is 50.2 Å². The summed E-state index contributed by atoms with van der Waals surface area (Å²) in [5.41, 5.74) is 1.27. The van der Waals surface area contributed by atoms with Gasteiger partial charge in [-0.15, -0.1) is 0 Å². The molecule has 170 valence electrons. The number of alkyl halides is 3. The van der Waals surface area contributed by atoms with Gasteiger partial charge in [0.25, 0.3) is 5.91 Å². The fourth-order valence-corrected chi connectivity index (χ4v) is 3.91. The fourth-order valence-electron chi connectivity index (χ4n) is 3.91. The zero-order valence-corrected chi connectivity index (χ0v) is 17.8. The first kappa shape index (κ1) is 22.0. The number of carbonyl (C=O) groups is 1. The van der Waals surface area contributed by atoms with E-state index in [9.17, 15) is 18.0 Å². The van der Waals surface area contributed by atoms with E-state index < -0.39 is 29.8 Å². The summed E-state index contributed by atoms with van der Waals surface area (Å²) >= 11 is 0. The minimum Gasteiger partial charge on any atom is -0.459 e. The van der Waals surface area contributed by atoms with Crippen LogP contribution in [0.2, 0.25) is 0 Å². The Hall–Kier alpha value is -3.20. The van der Waals surface area contributed by atoms with Crippen molar-refractivity contribution in [2.24, 2.45) is 0 Å². The van der Waals surface area contributed by atoms with E-state index in [-0.39, 0.29) is 0 Å². The monoisotopic (exact) mass is 446 g/mol. The number of rotatable bonds is 5. The van der Waals surface area contributed by atoms with E-state index in [0.29, 0.717) is 17.3 Å². The zero-order valence-electron chi connectivity index (χ0n) is 17.8. The summed E-state index contributed by atoms with van der Waals surface area (Å²) in [4.78, 5) is 17.1. The number of amides is 1. The van der Waals surface area contributed by atoms with E-state index >= 15 is 0 Å². The second-order valence-corrected chi connectivity index (χ2v) is 8.11. The number of nitrogens with one attached hydrogen (secondary N) is 2. The molecule has 1 saturated heterocycles. The standard InChI is InChI=1S/C23H25F3N4O2/c1-29(2)18-12-13-30(14-18)17-10-8-16(9-11-17)27-21(31)19-20(23(24,25)26)32-22(28-19)15-6-4-3-5-7-15/h3-11,18,22,28H,12-14H2,1-2H3,(H,27,31). The summed E-state index contributed by atoms with van der Waals surface area (Å²) in [6.45, 7) is 1.83. The Bertz CT molecular complexity index is 991. The Balaban J connectivity index is 1.46. The third-order valence-corrected chi connectivity index (χ3v) is 5.71. The molecule has 0 saturated carbocycles. The summed E-state index contributed by atoms with van der Waals surface area (Å²) in [6.07, 6.45) is -4.82. The molecule has 2 heterocycles. The van der Waals surface area contributed by atoms with E-state index in [1.54, 1.807) is 42.5 Å². The Morgan fingerprint density at radius 1 is 1.12 bits per heavy atom. The number of nitrogens with zero attached hydrogens (tertiary/aromatic N) is 2. The molecule has 2 unspecified atom stereocenters. The number of hydrogen-bond acceptors (Lipinski definition) is 5. The maximum Gasteiger partial charge on any atom is 0.451 e. The van der Waals surface area contributed by atoms with Crippen LogP contribution < -0.4 is 15.5 Å². The molecule has 0 radical (unpaired) electrons. The predicted molar refractivity (Wildman–Crippen MR) is 116 cm³/mol. The highest BCUT2D eigenvalue weighted by Gasteiger charge is 2.46. The van der Waals surface area contributed by atoms with Crippen LogP contribution in [0.4, 0.5) is 24.5 Å². The first-order valence-corrected chi connectivity index (χ1v) is 10.3. The van der Waals surface area contributed by atoms with Crippen molar-refractivity contribution in [2.75, 3.05) is 37.4 Å². The predicted octanol–water partition coefficient (Wildman–Crippen LogP) is 3.86. The Labute approximate surface area is 184 Å². The Kier molecular flexibility index (Phi) is 6.01. The van der Waals surface area contributed by atoms with Gasteiger partial charge in [-0.3, -0.25) is 4.79 Å². The van der Waals surface area contributed by atoms with E-state index in [0.717, 1.165) is 25.2 Å². The van der Waals surface area contributed by atoms with Crippen molar-refractivity contribution in [1.29, 1.82) is 0 Å². The molecule has 0 aromatic heterocycles. The molecule has 2 atom stereocenters. The van der Waals surface area contributed by atoms with E-state index in [2.05, 4.69) is 34.5 Å². The van der Waals surface area contributed by atoms with Gasteiger partial charge in [0.1, 0.15) is 0 Å². The van der Waals surface area contributed by atoms with Gasteiger partial charge in [-0.05, 0) is 44.8 Å². The SMILES string of the molecule is CN(C)C1CCN(c2ccc(NC(=O)C3=C(C(F)(F)F)OC(c4ccccc4)N3)cc2)C1. The molecule has 1 amide bonds. The lowest BCUT2D eigenvalue weighted by Gasteiger charge is -2.22. The molecule has 0 aliphatic carbocycles. The molecule has 32 heavy (non-hydrogen) atoms. The van der Waals surface area contributed by atoms with Crippen molar-refractivity contribution in [3.8, 4) is 0 Å². The maximum absolute atomic E-state index is 13.5. The quantitative estimate of drug-likeness (QED) is 0.731. The van der Waals surface area contributed by atoms with Crippen LogP contribution in [0.25, 0.3) is 0 Å². The van der Waals surface area contributed by atoms with Gasteiger partial charge in [-0.25, -0.2) is 0 Å². The third kappa shape index (κ3) is 4.67. The molecule has 0 spiro atoms. The van der Waals surface area contributed by atoms with Gasteiger partial charge in [-0.2, -0.15) is 13.2 Å². The summed E-state index contributed by atoms with van der Waals surface area (Å²) in [7, 11) is 4.11. The van der Waals surface area contributed by atoms with Crippen LogP contribution in [0.1, 0.15) is 18.2 Å². The first-order valence-electron chi connectivity index (χ1n) is 10.3. The van der Waals surface area contributed by atoms with Crippen LogP contribution in [-0.2, 0) is 9.53 Å². The lowest BCUT2D eigenvalue weighted by Crippen LogP contribution is -2.31. The normalized spacial score (nSPS) is 21.0. The number of hydrogen-bond donors (Lipinski definition) is 2. The van der Waals surface area contributed by atoms with Gasteiger partial charge in [0, 0.05) is 36.1 Å². The van der Waals surface area contributed by atoms with E-state index in [1.165, 1.54) is 0 Å². The molecule has 2 aromatic rings. The van der Waals surface area contributed by atoms with Gasteiger partial charge in [0.05, 0.1) is 0 Å². The van der Waals surface area contributed by atoms with Crippen LogP contribution >= 0.6 is 0 Å². The van der Waals surface area contributed by atoms with Crippen LogP contribution in [0, 0.1) is 0 Å². The minimum atomic E-state index is -4.80. The van der Waals surface area contributed by atoms with Crippen molar-refractivity contribution < 1.29 is 22.7 Å². The lowest BCUT2D eigenvalue weighted by atomic mass is 10.2. The highest BCUT2D eigenvalue weighted by molar-refractivity contribution is 6.04. The molecule has 9 heteroatoms. The Morgan fingerprint density at radius 3 is 2.41 bits per heavy atom. The number of ether oxygens (including phenoxy) is 1. The van der Waals surface area contributed by atoms with Gasteiger partial charge >= 0.3 is 6.18 Å². The molecule has 2 aliphatic rings. The topological polar surface area (TPSA) is 56.8 Å². The second kappa shape index (κ2) is 8.74. The zero-order chi connectivity index (χ0) is 22.9. The molecule has 1 fully saturated rings. The largest absolute Gasteiger partial charge is 0.459 e. The third-order valence-electron chi connectivity index (χ3n) is 5.71. The fraction of sp³-hybridized carbons (Fsp3) is 0.348. The van der Waals surface area contributed by atoms with Crippen molar-refractivity contribution in [3.05, 3.63) is 71.6 Å². The smallest absolute Gasteiger partial charge is 0.451 e. The van der Waals surface area contributed by atoms with Gasteiger partial charge < -0.3 is 25.2 Å². The number of carbonyl (C=O) groups excluding carboxylic acids is 1. The van der Waals surface area contributed by atoms with Crippen LogP contribution in [0.15, 0.2) is 66.1 Å². The highest BCUT2D eigenvalue weighted by Crippen LogP contribution is 2.37. The average molecular weight is 446 g/mol. The maximum atomic E-state index is 13.5. The molecule has 2 aromatic carbocycles. The highest BCUT2D eigenvalue weighted by atomic mass is 19.4. The first-order chi connectivity index (χ1) is 15.2. The van der Waals surface area contributed by atoms with Gasteiger partial charge in [0.2, 0.25) is 5.76 Å². The number of halogens is 3. The molecule has 2 aliphatic heterocycles. The number of likely N-dealkylation sites (N-methyl/N-ethyl adjacent to an activating group) is 1. The van der Waals surface area contributed by atoms with Crippen molar-refractivity contribution in [1.82, 2.24) is 10.2 Å². The van der Waals surface area contributed by atoms with Crippen molar-refractivity contribution in [3.63, 3.8) is 0 Å². The summed E-state index contributed by atoms with van der Waals surface area (Å²) in [5, 5.41) is 5.10. The molecule has 4 rings (SSSR count). The average Bonchev–Trinajstić information content (AvgIpc) is 3.43. The molecular formula is C23H25F3N4O2. The lowest BCUT2D eigenvalue weighted by molar-refractivity contribution is -0.136. The van der Waals surface area contributed by atoms with E-state index in [1.807, 2.05) is 12.1 Å². The molecular weight excluding hydrogens is 421 g/mol. The summed E-state index contributed by atoms with van der Waals surface area (Å²) in [6, 6.07) is 16.0. The summed E-state index contributed by atoms with van der Waals surface area (Å²) < 4.78 is 45.6.